The molecule has 0 unspecified atom stereocenters. The molecule has 1 heterocycles. The van der Waals surface area contributed by atoms with E-state index in [9.17, 15) is 0 Å². The van der Waals surface area contributed by atoms with Crippen LogP contribution in [0, 0.1) is 13.8 Å². The van der Waals surface area contributed by atoms with Crippen molar-refractivity contribution in [3.63, 3.8) is 0 Å². The zero-order valence-electron chi connectivity index (χ0n) is 12.6. The maximum Gasteiger partial charge on any atom is 0.174 e. The molecule has 0 aliphatic heterocycles. The van der Waals surface area contributed by atoms with E-state index in [2.05, 4.69) is 44.2 Å². The van der Waals surface area contributed by atoms with Crippen LogP contribution in [0.15, 0.2) is 28.8 Å². The van der Waals surface area contributed by atoms with Gasteiger partial charge in [-0.1, -0.05) is 25.1 Å². The number of nitrogens with one attached hydrogen (secondary N) is 1. The number of nitrogens with zero attached hydrogens (tertiary/aromatic N) is 1. The molecular weight excluding hydrogens is 252 g/mol. The molecule has 4 heteroatoms. The van der Waals surface area contributed by atoms with Crippen LogP contribution >= 0.6 is 0 Å². The smallest absolute Gasteiger partial charge is 0.174 e. The summed E-state index contributed by atoms with van der Waals surface area (Å²) >= 11 is 0. The standard InChI is InChI=1S/C16H22N2O2/c1-11(2)17-9-14-8-16(20-18-14)10-19-15-6-5-12(3)13(4)7-15/h5-8,11,17H,9-10H2,1-4H3. The van der Waals surface area contributed by atoms with Crippen molar-refractivity contribution in [3.05, 3.63) is 46.8 Å². The third-order valence-corrected chi connectivity index (χ3v) is 3.16. The molecular formula is C16H22N2O2. The first-order valence-electron chi connectivity index (χ1n) is 6.92. The molecule has 0 amide bonds. The molecule has 0 saturated carbocycles. The van der Waals surface area contributed by atoms with Crippen molar-refractivity contribution in [3.8, 4) is 5.75 Å². The largest absolute Gasteiger partial charge is 0.486 e. The van der Waals surface area contributed by atoms with Crippen molar-refractivity contribution in [1.82, 2.24) is 10.5 Å². The second-order valence-electron chi connectivity index (χ2n) is 5.35. The Bertz CT molecular complexity index is 561. The van der Waals surface area contributed by atoms with Gasteiger partial charge in [-0.2, -0.15) is 0 Å². The van der Waals surface area contributed by atoms with Gasteiger partial charge >= 0.3 is 0 Å². The Morgan fingerprint density at radius 2 is 2.00 bits per heavy atom. The van der Waals surface area contributed by atoms with E-state index in [4.69, 9.17) is 9.26 Å². The summed E-state index contributed by atoms with van der Waals surface area (Å²) in [5.41, 5.74) is 3.39. The minimum Gasteiger partial charge on any atom is -0.486 e. The van der Waals surface area contributed by atoms with Crippen LogP contribution in [0.25, 0.3) is 0 Å². The fraction of sp³-hybridized carbons (Fsp3) is 0.438. The van der Waals surface area contributed by atoms with Crippen molar-refractivity contribution in [2.45, 2.75) is 46.9 Å². The fourth-order valence-corrected chi connectivity index (χ4v) is 1.77. The number of aromatic nitrogens is 1. The Morgan fingerprint density at radius 3 is 2.70 bits per heavy atom. The second-order valence-corrected chi connectivity index (χ2v) is 5.35. The lowest BCUT2D eigenvalue weighted by molar-refractivity contribution is 0.248. The maximum atomic E-state index is 5.71. The van der Waals surface area contributed by atoms with Crippen LogP contribution in [0.3, 0.4) is 0 Å². The maximum absolute atomic E-state index is 5.71. The van der Waals surface area contributed by atoms with Crippen LogP contribution in [-0.4, -0.2) is 11.2 Å². The summed E-state index contributed by atoms with van der Waals surface area (Å²) < 4.78 is 11.0. The van der Waals surface area contributed by atoms with E-state index in [0.29, 0.717) is 19.2 Å². The Kier molecular flexibility index (Phi) is 4.79. The van der Waals surface area contributed by atoms with Gasteiger partial charge in [-0.3, -0.25) is 0 Å². The summed E-state index contributed by atoms with van der Waals surface area (Å²) in [7, 11) is 0. The molecule has 108 valence electrons. The highest BCUT2D eigenvalue weighted by molar-refractivity contribution is 5.33. The molecule has 4 nitrogen and oxygen atoms in total. The zero-order valence-corrected chi connectivity index (χ0v) is 12.6. The summed E-state index contributed by atoms with van der Waals surface area (Å²) in [4.78, 5) is 0. The van der Waals surface area contributed by atoms with Crippen molar-refractivity contribution >= 4 is 0 Å². The van der Waals surface area contributed by atoms with E-state index >= 15 is 0 Å². The molecule has 1 aromatic heterocycles. The Labute approximate surface area is 120 Å². The lowest BCUT2D eigenvalue weighted by atomic mass is 10.1. The Hall–Kier alpha value is -1.81. The number of benzene rings is 1. The molecule has 2 aromatic rings. The highest BCUT2D eigenvalue weighted by Crippen LogP contribution is 2.18. The highest BCUT2D eigenvalue weighted by atomic mass is 16.5. The van der Waals surface area contributed by atoms with Gasteiger partial charge in [0.2, 0.25) is 0 Å². The monoisotopic (exact) mass is 274 g/mol. The second kappa shape index (κ2) is 6.57. The van der Waals surface area contributed by atoms with E-state index < -0.39 is 0 Å². The number of aryl methyl sites for hydroxylation is 2. The molecule has 0 fully saturated rings. The van der Waals surface area contributed by atoms with Crippen LogP contribution < -0.4 is 10.1 Å². The van der Waals surface area contributed by atoms with Crippen molar-refractivity contribution in [2.24, 2.45) is 0 Å². The Balaban J connectivity index is 1.89. The summed E-state index contributed by atoms with van der Waals surface area (Å²) in [6, 6.07) is 8.42. The summed E-state index contributed by atoms with van der Waals surface area (Å²) in [5.74, 6) is 1.59. The van der Waals surface area contributed by atoms with Crippen molar-refractivity contribution < 1.29 is 9.26 Å². The van der Waals surface area contributed by atoms with Crippen LogP contribution in [0.4, 0.5) is 0 Å². The normalized spacial score (nSPS) is 11.1. The van der Waals surface area contributed by atoms with E-state index in [1.807, 2.05) is 18.2 Å². The van der Waals surface area contributed by atoms with Crippen LogP contribution in [0.5, 0.6) is 5.75 Å². The Morgan fingerprint density at radius 1 is 1.20 bits per heavy atom. The lowest BCUT2D eigenvalue weighted by Gasteiger charge is -2.06. The summed E-state index contributed by atoms with van der Waals surface area (Å²) in [6.45, 7) is 9.48. The molecule has 0 atom stereocenters. The third kappa shape index (κ3) is 4.10. The molecule has 0 saturated heterocycles. The number of ether oxygens (including phenoxy) is 1. The first-order valence-corrected chi connectivity index (χ1v) is 6.92. The molecule has 1 N–H and O–H groups in total. The summed E-state index contributed by atoms with van der Waals surface area (Å²) in [5, 5.41) is 7.31. The minimum absolute atomic E-state index is 0.400. The SMILES string of the molecule is Cc1ccc(OCc2cc(CNC(C)C)no2)cc1C. The third-order valence-electron chi connectivity index (χ3n) is 3.16. The average Bonchev–Trinajstić information content (AvgIpc) is 2.86. The van der Waals surface area contributed by atoms with Crippen LogP contribution in [-0.2, 0) is 13.2 Å². The van der Waals surface area contributed by atoms with Gasteiger partial charge in [0.15, 0.2) is 5.76 Å². The molecule has 0 radical (unpaired) electrons. The minimum atomic E-state index is 0.400. The van der Waals surface area contributed by atoms with Gasteiger partial charge in [-0.15, -0.1) is 0 Å². The quantitative estimate of drug-likeness (QED) is 0.877. The topological polar surface area (TPSA) is 47.3 Å². The fourth-order valence-electron chi connectivity index (χ4n) is 1.77. The van der Waals surface area contributed by atoms with E-state index in [1.54, 1.807) is 0 Å². The lowest BCUT2D eigenvalue weighted by Crippen LogP contribution is -2.21. The van der Waals surface area contributed by atoms with Gasteiger partial charge in [-0.05, 0) is 37.1 Å². The summed E-state index contributed by atoms with van der Waals surface area (Å²) in [6.07, 6.45) is 0. The average molecular weight is 274 g/mol. The number of hydrogen-bond acceptors (Lipinski definition) is 4. The number of rotatable bonds is 6. The molecule has 0 aliphatic rings. The van der Waals surface area contributed by atoms with E-state index in [0.717, 1.165) is 17.2 Å². The first kappa shape index (κ1) is 14.6. The van der Waals surface area contributed by atoms with Crippen molar-refractivity contribution in [2.75, 3.05) is 0 Å². The van der Waals surface area contributed by atoms with Gasteiger partial charge in [0.05, 0.1) is 5.69 Å². The van der Waals surface area contributed by atoms with Crippen molar-refractivity contribution in [1.29, 1.82) is 0 Å². The van der Waals surface area contributed by atoms with Gasteiger partial charge in [-0.25, -0.2) is 0 Å². The van der Waals surface area contributed by atoms with E-state index in [1.165, 1.54) is 11.1 Å². The van der Waals surface area contributed by atoms with Gasteiger partial charge < -0.3 is 14.6 Å². The van der Waals surface area contributed by atoms with E-state index in [-0.39, 0.29) is 0 Å². The molecule has 0 bridgehead atoms. The van der Waals surface area contributed by atoms with Crippen LogP contribution in [0.2, 0.25) is 0 Å². The molecule has 0 aliphatic carbocycles. The van der Waals surface area contributed by atoms with Crippen LogP contribution in [0.1, 0.15) is 36.4 Å². The first-order chi connectivity index (χ1) is 9.54. The molecule has 20 heavy (non-hydrogen) atoms. The molecule has 2 rings (SSSR count). The predicted octanol–water partition coefficient (Wildman–Crippen LogP) is 3.37. The number of hydrogen-bond donors (Lipinski definition) is 1. The molecule has 0 spiro atoms. The van der Waals surface area contributed by atoms with Gasteiger partial charge in [0.25, 0.3) is 0 Å². The molecule has 1 aromatic carbocycles. The van der Waals surface area contributed by atoms with Gasteiger partial charge in [0, 0.05) is 18.7 Å². The predicted molar refractivity (Wildman–Crippen MR) is 78.7 cm³/mol. The zero-order chi connectivity index (χ0) is 14.5. The highest BCUT2D eigenvalue weighted by Gasteiger charge is 2.06. The van der Waals surface area contributed by atoms with Gasteiger partial charge in [0.1, 0.15) is 12.4 Å².